The number of nitrogens with zero attached hydrogens (tertiary/aromatic N) is 2. The summed E-state index contributed by atoms with van der Waals surface area (Å²) in [6.45, 7) is 1.73. The molecule has 0 aliphatic carbocycles. The highest BCUT2D eigenvalue weighted by atomic mass is 16.2. The number of hydrogen-bond acceptors (Lipinski definition) is 3. The lowest BCUT2D eigenvalue weighted by Gasteiger charge is -2.24. The molecule has 1 N–H and O–H groups in total. The molecule has 0 bridgehead atoms. The van der Waals surface area contributed by atoms with E-state index in [0.29, 0.717) is 6.54 Å². The van der Waals surface area contributed by atoms with E-state index < -0.39 is 0 Å². The number of nitrogens with one attached hydrogen (secondary N) is 1. The fraction of sp³-hybridized carbons (Fsp3) is 0.600. The van der Waals surface area contributed by atoms with Gasteiger partial charge in [-0.2, -0.15) is 0 Å². The van der Waals surface area contributed by atoms with Crippen LogP contribution in [-0.2, 0) is 11.2 Å². The first-order valence-electron chi connectivity index (χ1n) is 7.14. The number of aromatic nitrogens is 1. The second-order valence-corrected chi connectivity index (χ2v) is 5.24. The number of likely N-dealkylation sites (N-methyl/N-ethyl adjacent to an activating group) is 1. The average molecular weight is 261 g/mol. The lowest BCUT2D eigenvalue weighted by atomic mass is 10.1. The van der Waals surface area contributed by atoms with Crippen LogP contribution in [0.1, 0.15) is 31.2 Å². The van der Waals surface area contributed by atoms with Gasteiger partial charge in [-0.25, -0.2) is 0 Å². The first kappa shape index (κ1) is 14.0. The zero-order chi connectivity index (χ0) is 13.5. The fourth-order valence-electron chi connectivity index (χ4n) is 2.58. The summed E-state index contributed by atoms with van der Waals surface area (Å²) in [4.78, 5) is 18.4. The van der Waals surface area contributed by atoms with E-state index in [2.05, 4.69) is 22.2 Å². The van der Waals surface area contributed by atoms with E-state index in [1.165, 1.54) is 18.4 Å². The van der Waals surface area contributed by atoms with E-state index in [-0.39, 0.29) is 11.9 Å². The summed E-state index contributed by atoms with van der Waals surface area (Å²) in [6, 6.07) is 4.04. The van der Waals surface area contributed by atoms with Gasteiger partial charge in [0.15, 0.2) is 0 Å². The van der Waals surface area contributed by atoms with Gasteiger partial charge in [-0.05, 0) is 50.6 Å². The highest BCUT2D eigenvalue weighted by Crippen LogP contribution is 2.15. The van der Waals surface area contributed by atoms with Crippen molar-refractivity contribution in [3.8, 4) is 0 Å². The molecular formula is C15H23N3O. The molecule has 2 heterocycles. The Hall–Kier alpha value is -1.42. The van der Waals surface area contributed by atoms with E-state index in [4.69, 9.17) is 0 Å². The van der Waals surface area contributed by atoms with E-state index in [0.717, 1.165) is 25.8 Å². The standard InChI is InChI=1S/C15H23N3O/c1-18-12-4-2-3-5-14(18)15(19)17-11-8-13-6-9-16-10-7-13/h6-7,9-10,14H,2-5,8,11-12H2,1H3,(H,17,19)/t14-/m1/s1. The zero-order valence-electron chi connectivity index (χ0n) is 11.6. The number of likely N-dealkylation sites (tertiary alicyclic amines) is 1. The minimum Gasteiger partial charge on any atom is -0.354 e. The summed E-state index contributed by atoms with van der Waals surface area (Å²) in [6.07, 6.45) is 9.03. The minimum atomic E-state index is 0.0555. The third kappa shape index (κ3) is 4.31. The van der Waals surface area contributed by atoms with Crippen molar-refractivity contribution < 1.29 is 4.79 Å². The smallest absolute Gasteiger partial charge is 0.237 e. The first-order chi connectivity index (χ1) is 9.27. The molecule has 1 fully saturated rings. The highest BCUT2D eigenvalue weighted by molar-refractivity contribution is 5.81. The molecule has 0 spiro atoms. The number of amides is 1. The monoisotopic (exact) mass is 261 g/mol. The van der Waals surface area contributed by atoms with Gasteiger partial charge in [0.25, 0.3) is 0 Å². The normalized spacial score (nSPS) is 20.8. The van der Waals surface area contributed by atoms with Crippen LogP contribution in [0.2, 0.25) is 0 Å². The molecule has 1 aliphatic heterocycles. The second-order valence-electron chi connectivity index (χ2n) is 5.24. The van der Waals surface area contributed by atoms with E-state index in [1.54, 1.807) is 12.4 Å². The molecule has 4 nitrogen and oxygen atoms in total. The third-order valence-electron chi connectivity index (χ3n) is 3.79. The number of pyridine rings is 1. The van der Waals surface area contributed by atoms with Gasteiger partial charge in [0.2, 0.25) is 5.91 Å². The van der Waals surface area contributed by atoms with Crippen molar-refractivity contribution in [3.05, 3.63) is 30.1 Å². The van der Waals surface area contributed by atoms with Gasteiger partial charge < -0.3 is 5.32 Å². The zero-order valence-corrected chi connectivity index (χ0v) is 11.6. The Morgan fingerprint density at radius 1 is 1.37 bits per heavy atom. The fourth-order valence-corrected chi connectivity index (χ4v) is 2.58. The van der Waals surface area contributed by atoms with Crippen LogP contribution < -0.4 is 5.32 Å². The van der Waals surface area contributed by atoms with Gasteiger partial charge in [0.1, 0.15) is 0 Å². The van der Waals surface area contributed by atoms with E-state index in [1.807, 2.05) is 12.1 Å². The van der Waals surface area contributed by atoms with Crippen molar-refractivity contribution in [1.29, 1.82) is 0 Å². The maximum absolute atomic E-state index is 12.2. The molecule has 0 radical (unpaired) electrons. The summed E-state index contributed by atoms with van der Waals surface area (Å²) in [5.41, 5.74) is 1.21. The predicted octanol–water partition coefficient (Wildman–Crippen LogP) is 1.61. The van der Waals surface area contributed by atoms with Crippen molar-refractivity contribution >= 4 is 5.91 Å². The van der Waals surface area contributed by atoms with E-state index >= 15 is 0 Å². The molecular weight excluding hydrogens is 238 g/mol. The SMILES string of the molecule is CN1CCCCC[C@@H]1C(=O)NCCc1ccncc1. The summed E-state index contributed by atoms with van der Waals surface area (Å²) in [7, 11) is 2.05. The molecule has 0 unspecified atom stereocenters. The van der Waals surface area contributed by atoms with Crippen molar-refractivity contribution in [2.24, 2.45) is 0 Å². The van der Waals surface area contributed by atoms with Crippen molar-refractivity contribution in [2.45, 2.75) is 38.1 Å². The summed E-state index contributed by atoms with van der Waals surface area (Å²) in [5, 5.41) is 3.06. The van der Waals surface area contributed by atoms with Gasteiger partial charge in [0, 0.05) is 18.9 Å². The van der Waals surface area contributed by atoms with Gasteiger partial charge in [-0.3, -0.25) is 14.7 Å². The molecule has 1 saturated heterocycles. The Bertz CT molecular complexity index is 394. The molecule has 1 atom stereocenters. The van der Waals surface area contributed by atoms with Gasteiger partial charge in [0.05, 0.1) is 6.04 Å². The summed E-state index contributed by atoms with van der Waals surface area (Å²) in [5.74, 6) is 0.179. The Morgan fingerprint density at radius 3 is 2.95 bits per heavy atom. The molecule has 0 saturated carbocycles. The molecule has 0 aromatic carbocycles. The highest BCUT2D eigenvalue weighted by Gasteiger charge is 2.23. The van der Waals surface area contributed by atoms with Crippen molar-refractivity contribution in [2.75, 3.05) is 20.1 Å². The van der Waals surface area contributed by atoms with Gasteiger partial charge in [-0.15, -0.1) is 0 Å². The lowest BCUT2D eigenvalue weighted by Crippen LogP contribution is -2.45. The van der Waals surface area contributed by atoms with Crippen LogP contribution in [-0.4, -0.2) is 42.0 Å². The van der Waals surface area contributed by atoms with E-state index in [9.17, 15) is 4.79 Å². The molecule has 2 rings (SSSR count). The Balaban J connectivity index is 1.77. The van der Waals surface area contributed by atoms with Crippen LogP contribution in [0.4, 0.5) is 0 Å². The van der Waals surface area contributed by atoms with Crippen LogP contribution in [0.15, 0.2) is 24.5 Å². The molecule has 1 aliphatic rings. The average Bonchev–Trinajstić information content (AvgIpc) is 2.64. The maximum Gasteiger partial charge on any atom is 0.237 e. The molecule has 1 amide bonds. The van der Waals surface area contributed by atoms with Gasteiger partial charge >= 0.3 is 0 Å². The molecule has 104 valence electrons. The molecule has 19 heavy (non-hydrogen) atoms. The summed E-state index contributed by atoms with van der Waals surface area (Å²) < 4.78 is 0. The lowest BCUT2D eigenvalue weighted by molar-refractivity contribution is -0.126. The third-order valence-corrected chi connectivity index (χ3v) is 3.79. The minimum absolute atomic E-state index is 0.0555. The first-order valence-corrected chi connectivity index (χ1v) is 7.14. The number of carbonyl (C=O) groups excluding carboxylic acids is 1. The van der Waals surface area contributed by atoms with Crippen LogP contribution in [0.3, 0.4) is 0 Å². The summed E-state index contributed by atoms with van der Waals surface area (Å²) >= 11 is 0. The van der Waals surface area contributed by atoms with Crippen LogP contribution in [0.25, 0.3) is 0 Å². The Kier molecular flexibility index (Phi) is 5.33. The molecule has 1 aromatic heterocycles. The number of rotatable bonds is 4. The second kappa shape index (κ2) is 7.24. The van der Waals surface area contributed by atoms with Crippen molar-refractivity contribution in [3.63, 3.8) is 0 Å². The van der Waals surface area contributed by atoms with Crippen LogP contribution >= 0.6 is 0 Å². The van der Waals surface area contributed by atoms with Gasteiger partial charge in [-0.1, -0.05) is 12.8 Å². The predicted molar refractivity (Wildman–Crippen MR) is 75.8 cm³/mol. The maximum atomic E-state index is 12.2. The van der Waals surface area contributed by atoms with Crippen molar-refractivity contribution in [1.82, 2.24) is 15.2 Å². The van der Waals surface area contributed by atoms with Crippen LogP contribution in [0, 0.1) is 0 Å². The van der Waals surface area contributed by atoms with Crippen LogP contribution in [0.5, 0.6) is 0 Å². The Labute approximate surface area is 115 Å². The largest absolute Gasteiger partial charge is 0.354 e. The quantitative estimate of drug-likeness (QED) is 0.895. The number of carbonyl (C=O) groups is 1. The molecule has 4 heteroatoms. The number of hydrogen-bond donors (Lipinski definition) is 1. The molecule has 1 aromatic rings. The topological polar surface area (TPSA) is 45.2 Å². The Morgan fingerprint density at radius 2 is 2.16 bits per heavy atom.